The second-order valence-electron chi connectivity index (χ2n) is 6.64. The number of rotatable bonds is 4. The SMILES string of the molecule is CN=C(NCC(=O)NCc1ccco1)N1CCC2(CCCC2)C1.I. The zero-order valence-corrected chi connectivity index (χ0v) is 16.5. The van der Waals surface area contributed by atoms with Crippen LogP contribution in [0, 0.1) is 5.41 Å². The summed E-state index contributed by atoms with van der Waals surface area (Å²) in [5.41, 5.74) is 0.499. The monoisotopic (exact) mass is 446 g/mol. The Morgan fingerprint density at radius 1 is 1.33 bits per heavy atom. The molecule has 0 atom stereocenters. The van der Waals surface area contributed by atoms with Gasteiger partial charge in [-0.25, -0.2) is 0 Å². The van der Waals surface area contributed by atoms with Crippen LogP contribution in [0.3, 0.4) is 0 Å². The number of nitrogens with one attached hydrogen (secondary N) is 2. The molecule has 3 rings (SSSR count). The van der Waals surface area contributed by atoms with E-state index in [0.717, 1.165) is 24.8 Å². The number of hydrogen-bond donors (Lipinski definition) is 2. The standard InChI is InChI=1S/C17H26N4O2.HI/c1-18-16(21-9-8-17(13-21)6-2-3-7-17)20-12-15(22)19-11-14-5-4-10-23-14;/h4-5,10H,2-3,6-9,11-13H2,1H3,(H,18,20)(H,19,22);1H. The molecule has 134 valence electrons. The maximum atomic E-state index is 11.9. The number of hydrogen-bond acceptors (Lipinski definition) is 3. The molecule has 1 saturated carbocycles. The minimum atomic E-state index is -0.0580. The molecule has 0 unspecified atom stereocenters. The highest BCUT2D eigenvalue weighted by molar-refractivity contribution is 14.0. The zero-order valence-electron chi connectivity index (χ0n) is 14.2. The second-order valence-corrected chi connectivity index (χ2v) is 6.64. The number of guanidine groups is 1. The molecule has 7 heteroatoms. The molecule has 0 aromatic carbocycles. The van der Waals surface area contributed by atoms with E-state index in [1.807, 2.05) is 12.1 Å². The Hall–Kier alpha value is -1.25. The van der Waals surface area contributed by atoms with Crippen LogP contribution in [-0.2, 0) is 11.3 Å². The largest absolute Gasteiger partial charge is 0.467 e. The van der Waals surface area contributed by atoms with Gasteiger partial charge in [-0.05, 0) is 36.8 Å². The zero-order chi connectivity index (χ0) is 16.1. The molecule has 1 aromatic rings. The van der Waals surface area contributed by atoms with Gasteiger partial charge >= 0.3 is 0 Å². The quantitative estimate of drug-likeness (QED) is 0.424. The Bertz CT molecular complexity index is 553. The van der Waals surface area contributed by atoms with Crippen molar-refractivity contribution < 1.29 is 9.21 Å². The third kappa shape index (κ3) is 4.64. The Labute approximate surface area is 160 Å². The van der Waals surface area contributed by atoms with Crippen LogP contribution >= 0.6 is 24.0 Å². The molecule has 24 heavy (non-hydrogen) atoms. The number of furan rings is 1. The molecule has 0 bridgehead atoms. The highest BCUT2D eigenvalue weighted by Crippen LogP contribution is 2.45. The number of halogens is 1. The average molecular weight is 446 g/mol. The summed E-state index contributed by atoms with van der Waals surface area (Å²) in [6.45, 7) is 2.75. The van der Waals surface area contributed by atoms with Crippen LogP contribution < -0.4 is 10.6 Å². The lowest BCUT2D eigenvalue weighted by Crippen LogP contribution is -2.45. The van der Waals surface area contributed by atoms with Gasteiger partial charge in [-0.3, -0.25) is 9.79 Å². The van der Waals surface area contributed by atoms with E-state index >= 15 is 0 Å². The van der Waals surface area contributed by atoms with E-state index in [1.54, 1.807) is 13.3 Å². The molecular weight excluding hydrogens is 419 g/mol. The highest BCUT2D eigenvalue weighted by Gasteiger charge is 2.41. The molecule has 0 radical (unpaired) electrons. The lowest BCUT2D eigenvalue weighted by atomic mass is 9.86. The Morgan fingerprint density at radius 2 is 2.12 bits per heavy atom. The van der Waals surface area contributed by atoms with Gasteiger partial charge in [-0.15, -0.1) is 24.0 Å². The number of carbonyl (C=O) groups is 1. The lowest BCUT2D eigenvalue weighted by molar-refractivity contribution is -0.120. The van der Waals surface area contributed by atoms with Crippen LogP contribution in [-0.4, -0.2) is 43.4 Å². The first-order valence-corrected chi connectivity index (χ1v) is 8.45. The Balaban J connectivity index is 0.00000208. The van der Waals surface area contributed by atoms with Gasteiger partial charge in [0.25, 0.3) is 0 Å². The number of aliphatic imine (C=N–C) groups is 1. The van der Waals surface area contributed by atoms with Gasteiger partial charge < -0.3 is 20.0 Å². The van der Waals surface area contributed by atoms with E-state index in [4.69, 9.17) is 4.42 Å². The predicted octanol–water partition coefficient (Wildman–Crippen LogP) is 2.36. The highest BCUT2D eigenvalue weighted by atomic mass is 127. The van der Waals surface area contributed by atoms with Gasteiger partial charge in [0.1, 0.15) is 5.76 Å². The normalized spacial score (nSPS) is 19.4. The van der Waals surface area contributed by atoms with Gasteiger partial charge in [-0.2, -0.15) is 0 Å². The first kappa shape index (κ1) is 19.1. The maximum absolute atomic E-state index is 11.9. The molecule has 1 amide bonds. The molecule has 6 nitrogen and oxygen atoms in total. The van der Waals surface area contributed by atoms with Crippen LogP contribution in [0.2, 0.25) is 0 Å². The summed E-state index contributed by atoms with van der Waals surface area (Å²) in [6.07, 6.45) is 8.24. The van der Waals surface area contributed by atoms with E-state index in [-0.39, 0.29) is 36.4 Å². The van der Waals surface area contributed by atoms with Crippen LogP contribution in [0.4, 0.5) is 0 Å². The molecule has 1 saturated heterocycles. The van der Waals surface area contributed by atoms with Crippen molar-refractivity contribution in [3.63, 3.8) is 0 Å². The summed E-state index contributed by atoms with van der Waals surface area (Å²) in [4.78, 5) is 18.6. The van der Waals surface area contributed by atoms with Gasteiger partial charge in [0.15, 0.2) is 5.96 Å². The number of amides is 1. The van der Waals surface area contributed by atoms with Crippen LogP contribution in [0.15, 0.2) is 27.8 Å². The van der Waals surface area contributed by atoms with Gasteiger partial charge in [0.05, 0.1) is 19.4 Å². The summed E-state index contributed by atoms with van der Waals surface area (Å²) in [5.74, 6) is 1.53. The van der Waals surface area contributed by atoms with Crippen LogP contribution in [0.1, 0.15) is 37.9 Å². The summed E-state index contributed by atoms with van der Waals surface area (Å²) < 4.78 is 5.20. The molecule has 2 fully saturated rings. The fraction of sp³-hybridized carbons (Fsp3) is 0.647. The van der Waals surface area contributed by atoms with Crippen molar-refractivity contribution in [1.29, 1.82) is 0 Å². The molecule has 2 aliphatic rings. The predicted molar refractivity (Wildman–Crippen MR) is 104 cm³/mol. The summed E-state index contributed by atoms with van der Waals surface area (Å²) in [6, 6.07) is 3.66. The van der Waals surface area contributed by atoms with Crippen molar-refractivity contribution in [3.8, 4) is 0 Å². The van der Waals surface area contributed by atoms with Crippen LogP contribution in [0.25, 0.3) is 0 Å². The van der Waals surface area contributed by atoms with Crippen molar-refractivity contribution >= 4 is 35.8 Å². The molecule has 2 heterocycles. The maximum Gasteiger partial charge on any atom is 0.239 e. The van der Waals surface area contributed by atoms with E-state index in [1.165, 1.54) is 32.1 Å². The third-order valence-corrected chi connectivity index (χ3v) is 5.06. The molecule has 1 aliphatic heterocycles. The lowest BCUT2D eigenvalue weighted by Gasteiger charge is -2.25. The van der Waals surface area contributed by atoms with Crippen molar-refractivity contribution in [2.75, 3.05) is 26.7 Å². The summed E-state index contributed by atoms with van der Waals surface area (Å²) >= 11 is 0. The van der Waals surface area contributed by atoms with Gasteiger partial charge in [0, 0.05) is 20.1 Å². The minimum absolute atomic E-state index is 0. The summed E-state index contributed by atoms with van der Waals surface area (Å²) in [5, 5.41) is 6.02. The summed E-state index contributed by atoms with van der Waals surface area (Å²) in [7, 11) is 1.78. The fourth-order valence-electron chi connectivity index (χ4n) is 3.80. The second kappa shape index (κ2) is 8.73. The smallest absolute Gasteiger partial charge is 0.239 e. The van der Waals surface area contributed by atoms with E-state index in [0.29, 0.717) is 12.0 Å². The molecule has 1 aliphatic carbocycles. The first-order chi connectivity index (χ1) is 11.2. The van der Waals surface area contributed by atoms with E-state index in [2.05, 4.69) is 20.5 Å². The number of nitrogens with zero attached hydrogens (tertiary/aromatic N) is 2. The van der Waals surface area contributed by atoms with E-state index in [9.17, 15) is 4.79 Å². The van der Waals surface area contributed by atoms with Gasteiger partial charge in [-0.1, -0.05) is 12.8 Å². The number of carbonyl (C=O) groups excluding carboxylic acids is 1. The van der Waals surface area contributed by atoms with Crippen molar-refractivity contribution in [2.45, 2.75) is 38.6 Å². The molecule has 1 aromatic heterocycles. The molecular formula is C17H27IN4O2. The third-order valence-electron chi connectivity index (χ3n) is 5.06. The Kier molecular flexibility index (Phi) is 6.94. The fourth-order valence-corrected chi connectivity index (χ4v) is 3.80. The minimum Gasteiger partial charge on any atom is -0.467 e. The molecule has 2 N–H and O–H groups in total. The average Bonchev–Trinajstić information content (AvgIpc) is 3.30. The van der Waals surface area contributed by atoms with Crippen molar-refractivity contribution in [1.82, 2.24) is 15.5 Å². The van der Waals surface area contributed by atoms with Gasteiger partial charge in [0.2, 0.25) is 5.91 Å². The first-order valence-electron chi connectivity index (χ1n) is 8.45. The topological polar surface area (TPSA) is 69.9 Å². The van der Waals surface area contributed by atoms with E-state index < -0.39 is 0 Å². The molecule has 1 spiro atoms. The van der Waals surface area contributed by atoms with Crippen molar-refractivity contribution in [3.05, 3.63) is 24.2 Å². The number of likely N-dealkylation sites (tertiary alicyclic amines) is 1. The van der Waals surface area contributed by atoms with Crippen molar-refractivity contribution in [2.24, 2.45) is 10.4 Å². The Morgan fingerprint density at radius 3 is 2.79 bits per heavy atom. The van der Waals surface area contributed by atoms with Crippen LogP contribution in [0.5, 0.6) is 0 Å².